The summed E-state index contributed by atoms with van der Waals surface area (Å²) < 4.78 is 15.6. The summed E-state index contributed by atoms with van der Waals surface area (Å²) in [6, 6.07) is 5.80. The number of nitrogens with one attached hydrogen (secondary N) is 2. The average molecular weight is 280 g/mol. The van der Waals surface area contributed by atoms with Gasteiger partial charge >= 0.3 is 0 Å². The Labute approximate surface area is 118 Å². The Morgan fingerprint density at radius 1 is 1.35 bits per heavy atom. The van der Waals surface area contributed by atoms with E-state index in [1.807, 2.05) is 18.2 Å². The maximum atomic E-state index is 11.5. The van der Waals surface area contributed by atoms with Crippen LogP contribution in [0.25, 0.3) is 0 Å². The van der Waals surface area contributed by atoms with Crippen molar-refractivity contribution in [2.45, 2.75) is 13.0 Å². The molecule has 0 aliphatic carbocycles. The van der Waals surface area contributed by atoms with Gasteiger partial charge in [-0.3, -0.25) is 4.79 Å². The molecule has 0 saturated carbocycles. The maximum Gasteiger partial charge on any atom is 0.231 e. The van der Waals surface area contributed by atoms with Gasteiger partial charge in [0.05, 0.1) is 6.61 Å². The minimum absolute atomic E-state index is 0.0208. The van der Waals surface area contributed by atoms with Crippen molar-refractivity contribution in [1.82, 2.24) is 10.6 Å². The second kappa shape index (κ2) is 7.72. The van der Waals surface area contributed by atoms with Gasteiger partial charge in [-0.15, -0.1) is 0 Å². The molecule has 0 fully saturated rings. The van der Waals surface area contributed by atoms with Gasteiger partial charge in [0, 0.05) is 38.7 Å². The van der Waals surface area contributed by atoms with Gasteiger partial charge in [0.1, 0.15) is 0 Å². The lowest BCUT2D eigenvalue weighted by Gasteiger charge is -2.08. The van der Waals surface area contributed by atoms with Crippen LogP contribution in [0.2, 0.25) is 0 Å². The fraction of sp³-hybridized carbons (Fsp3) is 0.500. The minimum Gasteiger partial charge on any atom is -0.454 e. The summed E-state index contributed by atoms with van der Waals surface area (Å²) in [5.41, 5.74) is 1.04. The van der Waals surface area contributed by atoms with Gasteiger partial charge in [-0.05, 0) is 6.07 Å². The van der Waals surface area contributed by atoms with E-state index in [0.717, 1.165) is 17.1 Å². The van der Waals surface area contributed by atoms with Crippen LogP contribution in [0.4, 0.5) is 0 Å². The van der Waals surface area contributed by atoms with Crippen LogP contribution >= 0.6 is 0 Å². The number of ether oxygens (including phenoxy) is 3. The van der Waals surface area contributed by atoms with Crippen LogP contribution in [-0.4, -0.2) is 39.5 Å². The molecule has 1 aliphatic rings. The lowest BCUT2D eigenvalue weighted by atomic mass is 10.2. The molecule has 1 aromatic rings. The van der Waals surface area contributed by atoms with E-state index in [2.05, 4.69) is 10.6 Å². The highest BCUT2D eigenvalue weighted by molar-refractivity contribution is 5.76. The number of fused-ring (bicyclic) bond motifs is 1. The van der Waals surface area contributed by atoms with Crippen LogP contribution in [0, 0.1) is 0 Å². The molecule has 110 valence electrons. The summed E-state index contributed by atoms with van der Waals surface area (Å²) in [5.74, 6) is 1.60. The van der Waals surface area contributed by atoms with Crippen LogP contribution in [0.15, 0.2) is 18.2 Å². The summed E-state index contributed by atoms with van der Waals surface area (Å²) in [6.45, 7) is 2.62. The van der Waals surface area contributed by atoms with E-state index in [4.69, 9.17) is 14.2 Å². The molecule has 1 amide bonds. The predicted molar refractivity (Wildman–Crippen MR) is 73.8 cm³/mol. The van der Waals surface area contributed by atoms with E-state index in [0.29, 0.717) is 32.7 Å². The van der Waals surface area contributed by atoms with Crippen molar-refractivity contribution in [3.05, 3.63) is 23.8 Å². The van der Waals surface area contributed by atoms with Crippen molar-refractivity contribution in [1.29, 1.82) is 0 Å². The highest BCUT2D eigenvalue weighted by Gasteiger charge is 2.16. The zero-order valence-electron chi connectivity index (χ0n) is 11.6. The summed E-state index contributed by atoms with van der Waals surface area (Å²) in [4.78, 5) is 11.5. The van der Waals surface area contributed by atoms with E-state index in [1.54, 1.807) is 7.11 Å². The SMILES string of the molecule is COCCNC(=O)CCNCc1cccc2c1OCO2. The number of para-hydroxylation sites is 1. The minimum atomic E-state index is 0.0208. The largest absolute Gasteiger partial charge is 0.454 e. The fourth-order valence-corrected chi connectivity index (χ4v) is 1.94. The van der Waals surface area contributed by atoms with Crippen molar-refractivity contribution in [2.24, 2.45) is 0 Å². The summed E-state index contributed by atoms with van der Waals surface area (Å²) in [5, 5.41) is 6.00. The Morgan fingerprint density at radius 3 is 3.10 bits per heavy atom. The monoisotopic (exact) mass is 280 g/mol. The molecule has 2 N–H and O–H groups in total. The lowest BCUT2D eigenvalue weighted by Crippen LogP contribution is -2.29. The van der Waals surface area contributed by atoms with Crippen LogP contribution in [0.5, 0.6) is 11.5 Å². The van der Waals surface area contributed by atoms with Crippen molar-refractivity contribution in [2.75, 3.05) is 33.6 Å². The van der Waals surface area contributed by atoms with E-state index in [1.165, 1.54) is 0 Å². The Morgan fingerprint density at radius 2 is 2.25 bits per heavy atom. The number of carbonyl (C=O) groups excluding carboxylic acids is 1. The van der Waals surface area contributed by atoms with Gasteiger partial charge in [-0.2, -0.15) is 0 Å². The topological polar surface area (TPSA) is 68.8 Å². The van der Waals surface area contributed by atoms with Crippen LogP contribution < -0.4 is 20.1 Å². The molecule has 1 aliphatic heterocycles. The Kier molecular flexibility index (Phi) is 5.64. The highest BCUT2D eigenvalue weighted by atomic mass is 16.7. The third-order valence-electron chi connectivity index (χ3n) is 2.95. The van der Waals surface area contributed by atoms with Crippen LogP contribution in [-0.2, 0) is 16.1 Å². The molecule has 20 heavy (non-hydrogen) atoms. The second-order valence-corrected chi connectivity index (χ2v) is 4.42. The normalized spacial score (nSPS) is 12.4. The van der Waals surface area contributed by atoms with Gasteiger partial charge < -0.3 is 24.8 Å². The molecule has 0 radical (unpaired) electrons. The van der Waals surface area contributed by atoms with Gasteiger partial charge in [-0.25, -0.2) is 0 Å². The zero-order chi connectivity index (χ0) is 14.2. The molecule has 0 spiro atoms. The number of carbonyl (C=O) groups is 1. The number of benzene rings is 1. The molecule has 1 heterocycles. The molecule has 0 atom stereocenters. The smallest absolute Gasteiger partial charge is 0.231 e. The standard InChI is InChI=1S/C14H20N2O4/c1-18-8-7-16-13(17)5-6-15-9-11-3-2-4-12-14(11)20-10-19-12/h2-4,15H,5-10H2,1H3,(H,16,17). The molecule has 0 bridgehead atoms. The molecule has 1 aromatic carbocycles. The Bertz CT molecular complexity index is 451. The fourth-order valence-electron chi connectivity index (χ4n) is 1.94. The number of hydrogen-bond acceptors (Lipinski definition) is 5. The first-order valence-corrected chi connectivity index (χ1v) is 6.65. The molecule has 0 saturated heterocycles. The molecule has 6 nitrogen and oxygen atoms in total. The number of rotatable bonds is 8. The summed E-state index contributed by atoms with van der Waals surface area (Å²) >= 11 is 0. The molecular weight excluding hydrogens is 260 g/mol. The van der Waals surface area contributed by atoms with Crippen LogP contribution in [0.3, 0.4) is 0 Å². The van der Waals surface area contributed by atoms with E-state index in [-0.39, 0.29) is 12.7 Å². The van der Waals surface area contributed by atoms with Gasteiger partial charge in [-0.1, -0.05) is 12.1 Å². The highest BCUT2D eigenvalue weighted by Crippen LogP contribution is 2.35. The average Bonchev–Trinajstić information content (AvgIpc) is 2.93. The first-order valence-electron chi connectivity index (χ1n) is 6.65. The Hall–Kier alpha value is -1.79. The van der Waals surface area contributed by atoms with Crippen molar-refractivity contribution in [3.8, 4) is 11.5 Å². The summed E-state index contributed by atoms with van der Waals surface area (Å²) in [7, 11) is 1.61. The van der Waals surface area contributed by atoms with Gasteiger partial charge in [0.15, 0.2) is 11.5 Å². The van der Waals surface area contributed by atoms with Gasteiger partial charge in [0.2, 0.25) is 12.7 Å². The van der Waals surface area contributed by atoms with Crippen molar-refractivity contribution < 1.29 is 19.0 Å². The van der Waals surface area contributed by atoms with Crippen molar-refractivity contribution >= 4 is 5.91 Å². The maximum absolute atomic E-state index is 11.5. The summed E-state index contributed by atoms with van der Waals surface area (Å²) in [6.07, 6.45) is 0.441. The molecular formula is C14H20N2O4. The zero-order valence-corrected chi connectivity index (χ0v) is 11.6. The third kappa shape index (κ3) is 4.11. The molecule has 0 unspecified atom stereocenters. The first-order chi connectivity index (χ1) is 9.81. The van der Waals surface area contributed by atoms with Crippen molar-refractivity contribution in [3.63, 3.8) is 0 Å². The Balaban J connectivity index is 1.66. The van der Waals surface area contributed by atoms with E-state index >= 15 is 0 Å². The first kappa shape index (κ1) is 14.6. The quantitative estimate of drug-likeness (QED) is 0.685. The lowest BCUT2D eigenvalue weighted by molar-refractivity contribution is -0.121. The number of amides is 1. The number of methoxy groups -OCH3 is 1. The van der Waals surface area contributed by atoms with E-state index < -0.39 is 0 Å². The predicted octanol–water partition coefficient (Wildman–Crippen LogP) is 0.658. The molecule has 0 aromatic heterocycles. The second-order valence-electron chi connectivity index (χ2n) is 4.42. The van der Waals surface area contributed by atoms with Gasteiger partial charge in [0.25, 0.3) is 0 Å². The number of hydrogen-bond donors (Lipinski definition) is 2. The molecule has 6 heteroatoms. The van der Waals surface area contributed by atoms with Crippen LogP contribution in [0.1, 0.15) is 12.0 Å². The third-order valence-corrected chi connectivity index (χ3v) is 2.95. The molecule has 2 rings (SSSR count). The van der Waals surface area contributed by atoms with E-state index in [9.17, 15) is 4.79 Å².